The van der Waals surface area contributed by atoms with E-state index in [4.69, 9.17) is 14.9 Å². The fourth-order valence-corrected chi connectivity index (χ4v) is 1.82. The number of nitrogens with one attached hydrogen (secondary N) is 1. The van der Waals surface area contributed by atoms with Crippen molar-refractivity contribution in [2.45, 2.75) is 31.8 Å². The maximum atomic E-state index is 8.98. The van der Waals surface area contributed by atoms with Gasteiger partial charge in [0, 0.05) is 6.04 Å². The lowest BCUT2D eigenvalue weighted by Gasteiger charge is -2.19. The lowest BCUT2D eigenvalue weighted by molar-refractivity contribution is 0.162. The molecule has 0 heterocycles. The Balaban J connectivity index is 2.34. The van der Waals surface area contributed by atoms with Crippen LogP contribution in [-0.2, 0) is 6.42 Å². The Hall–Kier alpha value is -1.10. The van der Waals surface area contributed by atoms with E-state index in [9.17, 15) is 0 Å². The second-order valence-corrected chi connectivity index (χ2v) is 4.52. The number of rotatable bonds is 8. The van der Waals surface area contributed by atoms with Crippen molar-refractivity contribution < 1.29 is 14.9 Å². The van der Waals surface area contributed by atoms with Crippen LogP contribution in [0.3, 0.4) is 0 Å². The Bertz CT molecular complexity index is 322. The van der Waals surface area contributed by atoms with E-state index in [2.05, 4.69) is 24.4 Å². The van der Waals surface area contributed by atoms with Gasteiger partial charge in [-0.05, 0) is 37.5 Å². The molecule has 18 heavy (non-hydrogen) atoms. The van der Waals surface area contributed by atoms with Crippen LogP contribution in [0.15, 0.2) is 24.3 Å². The molecule has 0 aromatic heterocycles. The largest absolute Gasteiger partial charge is 0.497 e. The molecule has 0 saturated carbocycles. The minimum Gasteiger partial charge on any atom is -0.497 e. The molecular formula is C14H23NO3. The van der Waals surface area contributed by atoms with Crippen molar-refractivity contribution >= 4 is 0 Å². The van der Waals surface area contributed by atoms with Crippen LogP contribution in [0, 0.1) is 0 Å². The third-order valence-corrected chi connectivity index (χ3v) is 2.99. The summed E-state index contributed by atoms with van der Waals surface area (Å²) in [7, 11) is 1.66. The second-order valence-electron chi connectivity index (χ2n) is 4.52. The molecule has 0 fully saturated rings. The molecule has 0 spiro atoms. The number of ether oxygens (including phenoxy) is 1. The van der Waals surface area contributed by atoms with E-state index in [1.165, 1.54) is 5.56 Å². The van der Waals surface area contributed by atoms with Crippen molar-refractivity contribution in [2.24, 2.45) is 0 Å². The predicted octanol–water partition coefficient (Wildman–Crippen LogP) is 0.959. The van der Waals surface area contributed by atoms with E-state index in [1.807, 2.05) is 12.1 Å². The minimum absolute atomic E-state index is 0.0383. The predicted molar refractivity (Wildman–Crippen MR) is 71.9 cm³/mol. The number of hydrogen-bond acceptors (Lipinski definition) is 4. The van der Waals surface area contributed by atoms with Gasteiger partial charge in [-0.3, -0.25) is 0 Å². The zero-order chi connectivity index (χ0) is 13.4. The highest BCUT2D eigenvalue weighted by Gasteiger charge is 2.09. The summed E-state index contributed by atoms with van der Waals surface area (Å²) in [6.07, 6.45) is 1.92. The van der Waals surface area contributed by atoms with Crippen LogP contribution >= 0.6 is 0 Å². The first-order valence-electron chi connectivity index (χ1n) is 6.30. The van der Waals surface area contributed by atoms with E-state index >= 15 is 0 Å². The van der Waals surface area contributed by atoms with Gasteiger partial charge in [-0.1, -0.05) is 12.1 Å². The highest BCUT2D eigenvalue weighted by atomic mass is 16.5. The first-order valence-corrected chi connectivity index (χ1v) is 6.30. The Morgan fingerprint density at radius 2 is 1.78 bits per heavy atom. The summed E-state index contributed by atoms with van der Waals surface area (Å²) < 4.78 is 5.11. The fraction of sp³-hybridized carbons (Fsp3) is 0.571. The van der Waals surface area contributed by atoms with E-state index in [0.717, 1.165) is 18.6 Å². The summed E-state index contributed by atoms with van der Waals surface area (Å²) in [5.74, 6) is 0.866. The first kappa shape index (κ1) is 15.0. The van der Waals surface area contributed by atoms with Crippen LogP contribution in [0.25, 0.3) is 0 Å². The van der Waals surface area contributed by atoms with Gasteiger partial charge in [0.2, 0.25) is 0 Å². The standard InChI is InChI=1S/C14H23NO3/c1-11(15-13(9-16)10-17)3-4-12-5-7-14(18-2)8-6-12/h5-8,11,13,15-17H,3-4,9-10H2,1-2H3. The summed E-state index contributed by atoms with van der Waals surface area (Å²) in [6.45, 7) is 1.98. The van der Waals surface area contributed by atoms with Crippen LogP contribution in [0.5, 0.6) is 5.75 Å². The molecule has 0 radical (unpaired) electrons. The Morgan fingerprint density at radius 1 is 1.17 bits per heavy atom. The molecule has 1 rings (SSSR count). The third kappa shape index (κ3) is 5.04. The number of methoxy groups -OCH3 is 1. The molecule has 0 bridgehead atoms. The van der Waals surface area contributed by atoms with Gasteiger partial charge in [-0.25, -0.2) is 0 Å². The topological polar surface area (TPSA) is 61.7 Å². The SMILES string of the molecule is COc1ccc(CCC(C)NC(CO)CO)cc1. The van der Waals surface area contributed by atoms with Crippen molar-refractivity contribution in [3.05, 3.63) is 29.8 Å². The van der Waals surface area contributed by atoms with Crippen molar-refractivity contribution in [3.8, 4) is 5.75 Å². The molecule has 0 saturated heterocycles. The average molecular weight is 253 g/mol. The quantitative estimate of drug-likeness (QED) is 0.646. The van der Waals surface area contributed by atoms with Gasteiger partial charge in [-0.2, -0.15) is 0 Å². The molecule has 0 aliphatic heterocycles. The molecule has 1 aromatic rings. The summed E-state index contributed by atoms with van der Waals surface area (Å²) >= 11 is 0. The van der Waals surface area contributed by atoms with Gasteiger partial charge in [0.15, 0.2) is 0 Å². The monoisotopic (exact) mass is 253 g/mol. The van der Waals surface area contributed by atoms with E-state index in [1.54, 1.807) is 7.11 Å². The second kappa shape index (κ2) is 8.08. The van der Waals surface area contributed by atoms with E-state index in [-0.39, 0.29) is 25.3 Å². The summed E-state index contributed by atoms with van der Waals surface area (Å²) in [4.78, 5) is 0. The number of aliphatic hydroxyl groups excluding tert-OH is 2. The van der Waals surface area contributed by atoms with Gasteiger partial charge < -0.3 is 20.3 Å². The summed E-state index contributed by atoms with van der Waals surface area (Å²) in [5, 5.41) is 21.1. The Labute approximate surface area is 109 Å². The lowest BCUT2D eigenvalue weighted by atomic mass is 10.1. The zero-order valence-electron chi connectivity index (χ0n) is 11.1. The van der Waals surface area contributed by atoms with Crippen LogP contribution in [-0.4, -0.2) is 42.6 Å². The molecule has 4 nitrogen and oxygen atoms in total. The van der Waals surface area contributed by atoms with Crippen molar-refractivity contribution in [1.82, 2.24) is 5.32 Å². The van der Waals surface area contributed by atoms with Gasteiger partial charge in [-0.15, -0.1) is 0 Å². The molecule has 0 amide bonds. The van der Waals surface area contributed by atoms with Gasteiger partial charge in [0.1, 0.15) is 5.75 Å². The lowest BCUT2D eigenvalue weighted by Crippen LogP contribution is -2.41. The van der Waals surface area contributed by atoms with Crippen molar-refractivity contribution in [1.29, 1.82) is 0 Å². The first-order chi connectivity index (χ1) is 8.69. The molecule has 1 aromatic carbocycles. The number of hydrogen-bond donors (Lipinski definition) is 3. The molecule has 3 N–H and O–H groups in total. The van der Waals surface area contributed by atoms with E-state index in [0.29, 0.717) is 0 Å². The maximum Gasteiger partial charge on any atom is 0.118 e. The number of aliphatic hydroxyl groups is 2. The van der Waals surface area contributed by atoms with Gasteiger partial charge in [0.25, 0.3) is 0 Å². The molecule has 4 heteroatoms. The molecular weight excluding hydrogens is 230 g/mol. The minimum atomic E-state index is -0.226. The number of aryl methyl sites for hydroxylation is 1. The summed E-state index contributed by atoms with van der Waals surface area (Å²) in [5.41, 5.74) is 1.26. The van der Waals surface area contributed by atoms with Crippen LogP contribution in [0.4, 0.5) is 0 Å². The molecule has 0 aliphatic carbocycles. The normalized spacial score (nSPS) is 12.7. The average Bonchev–Trinajstić information content (AvgIpc) is 2.43. The Kier molecular flexibility index (Phi) is 6.72. The summed E-state index contributed by atoms with van der Waals surface area (Å²) in [6, 6.07) is 8.06. The van der Waals surface area contributed by atoms with Crippen LogP contribution in [0.2, 0.25) is 0 Å². The van der Waals surface area contributed by atoms with Gasteiger partial charge >= 0.3 is 0 Å². The molecule has 1 unspecified atom stereocenters. The van der Waals surface area contributed by atoms with Gasteiger partial charge in [0.05, 0.1) is 26.4 Å². The molecule has 102 valence electrons. The third-order valence-electron chi connectivity index (χ3n) is 2.99. The highest BCUT2D eigenvalue weighted by molar-refractivity contribution is 5.27. The molecule has 0 aliphatic rings. The highest BCUT2D eigenvalue weighted by Crippen LogP contribution is 2.13. The van der Waals surface area contributed by atoms with Crippen molar-refractivity contribution in [3.63, 3.8) is 0 Å². The van der Waals surface area contributed by atoms with Crippen LogP contribution < -0.4 is 10.1 Å². The van der Waals surface area contributed by atoms with Crippen molar-refractivity contribution in [2.75, 3.05) is 20.3 Å². The zero-order valence-corrected chi connectivity index (χ0v) is 11.1. The number of benzene rings is 1. The smallest absolute Gasteiger partial charge is 0.118 e. The fourth-order valence-electron chi connectivity index (χ4n) is 1.82. The Morgan fingerprint density at radius 3 is 2.28 bits per heavy atom. The molecule has 1 atom stereocenters. The van der Waals surface area contributed by atoms with Crippen LogP contribution in [0.1, 0.15) is 18.9 Å². The maximum absolute atomic E-state index is 8.98. The van der Waals surface area contributed by atoms with E-state index < -0.39 is 0 Å².